The normalized spacial score (nSPS) is 11.7. The third-order valence-electron chi connectivity index (χ3n) is 2.09. The Labute approximate surface area is 94.2 Å². The number of halogens is 1. The molecule has 0 spiro atoms. The van der Waals surface area contributed by atoms with E-state index in [9.17, 15) is 12.8 Å². The maximum atomic E-state index is 13.1. The molecular weight excluding hydrogens is 231 g/mol. The first-order valence-corrected chi connectivity index (χ1v) is 5.96. The maximum absolute atomic E-state index is 13.1. The maximum Gasteiger partial charge on any atom is 0.245 e. The van der Waals surface area contributed by atoms with Crippen LogP contribution < -0.4 is 5.73 Å². The first-order valence-electron chi connectivity index (χ1n) is 4.52. The average Bonchev–Trinajstić information content (AvgIpc) is 2.22. The molecule has 0 aliphatic carbocycles. The van der Waals surface area contributed by atoms with Gasteiger partial charge in [-0.1, -0.05) is 12.1 Å². The Morgan fingerprint density at radius 2 is 2.19 bits per heavy atom. The lowest BCUT2D eigenvalue weighted by Gasteiger charge is -2.16. The van der Waals surface area contributed by atoms with Crippen molar-refractivity contribution in [2.24, 2.45) is 0 Å². The van der Waals surface area contributed by atoms with Crippen LogP contribution in [0, 0.1) is 5.82 Å². The summed E-state index contributed by atoms with van der Waals surface area (Å²) in [4.78, 5) is -0.225. The Morgan fingerprint density at radius 1 is 1.56 bits per heavy atom. The monoisotopic (exact) mass is 244 g/mol. The molecule has 0 atom stereocenters. The van der Waals surface area contributed by atoms with Crippen LogP contribution in [0.25, 0.3) is 0 Å². The molecule has 0 saturated heterocycles. The van der Waals surface area contributed by atoms with Crippen LogP contribution >= 0.6 is 0 Å². The molecule has 88 valence electrons. The standard InChI is InChI=1S/C10H13FN2O2S/c1-3-7-13(2)16(14,15)9-6-4-5-8(11)10(9)12/h3-6H,1,7,12H2,2H3. The van der Waals surface area contributed by atoms with Gasteiger partial charge in [0.25, 0.3) is 0 Å². The van der Waals surface area contributed by atoms with Gasteiger partial charge in [-0.3, -0.25) is 0 Å². The van der Waals surface area contributed by atoms with Crippen LogP contribution in [-0.4, -0.2) is 26.3 Å². The number of nitrogens with two attached hydrogens (primary N) is 1. The molecule has 0 aliphatic heterocycles. The fourth-order valence-electron chi connectivity index (χ4n) is 1.19. The molecule has 0 aliphatic rings. The lowest BCUT2D eigenvalue weighted by Crippen LogP contribution is -2.27. The molecule has 0 fully saturated rings. The van der Waals surface area contributed by atoms with Crippen molar-refractivity contribution in [1.82, 2.24) is 4.31 Å². The van der Waals surface area contributed by atoms with E-state index in [4.69, 9.17) is 5.73 Å². The van der Waals surface area contributed by atoms with Gasteiger partial charge in [-0.25, -0.2) is 12.8 Å². The van der Waals surface area contributed by atoms with Crippen LogP contribution in [0.4, 0.5) is 10.1 Å². The topological polar surface area (TPSA) is 63.4 Å². The summed E-state index contributed by atoms with van der Waals surface area (Å²) in [6, 6.07) is 3.69. The van der Waals surface area contributed by atoms with Crippen molar-refractivity contribution in [2.75, 3.05) is 19.3 Å². The fraction of sp³-hybridized carbons (Fsp3) is 0.200. The highest BCUT2D eigenvalue weighted by atomic mass is 32.2. The molecule has 0 bridgehead atoms. The predicted molar refractivity (Wildman–Crippen MR) is 60.8 cm³/mol. The SMILES string of the molecule is C=CCN(C)S(=O)(=O)c1cccc(F)c1N. The zero-order valence-electron chi connectivity index (χ0n) is 8.85. The van der Waals surface area contributed by atoms with E-state index in [2.05, 4.69) is 6.58 Å². The van der Waals surface area contributed by atoms with Crippen molar-refractivity contribution in [3.63, 3.8) is 0 Å². The van der Waals surface area contributed by atoms with Gasteiger partial charge in [0.15, 0.2) is 0 Å². The van der Waals surface area contributed by atoms with Gasteiger partial charge in [0, 0.05) is 13.6 Å². The third-order valence-corrected chi connectivity index (χ3v) is 3.97. The van der Waals surface area contributed by atoms with Crippen molar-refractivity contribution in [3.8, 4) is 0 Å². The van der Waals surface area contributed by atoms with Crippen LogP contribution in [0.3, 0.4) is 0 Å². The lowest BCUT2D eigenvalue weighted by atomic mass is 10.3. The zero-order valence-corrected chi connectivity index (χ0v) is 9.67. The van der Waals surface area contributed by atoms with Crippen LogP contribution in [0.15, 0.2) is 35.7 Å². The number of anilines is 1. The van der Waals surface area contributed by atoms with Crippen molar-refractivity contribution in [3.05, 3.63) is 36.7 Å². The Morgan fingerprint density at radius 3 is 2.75 bits per heavy atom. The summed E-state index contributed by atoms with van der Waals surface area (Å²) in [5.41, 5.74) is 5.03. The molecule has 4 nitrogen and oxygen atoms in total. The van der Waals surface area contributed by atoms with Gasteiger partial charge in [-0.15, -0.1) is 6.58 Å². The first-order chi connectivity index (χ1) is 7.41. The molecule has 16 heavy (non-hydrogen) atoms. The minimum atomic E-state index is -3.76. The molecule has 0 amide bonds. The molecule has 1 aromatic rings. The van der Waals surface area contributed by atoms with E-state index in [-0.39, 0.29) is 17.1 Å². The molecule has 6 heteroatoms. The number of hydrogen-bond acceptors (Lipinski definition) is 3. The van der Waals surface area contributed by atoms with Crippen molar-refractivity contribution >= 4 is 15.7 Å². The van der Waals surface area contributed by atoms with E-state index in [1.165, 1.54) is 25.3 Å². The summed E-state index contributed by atoms with van der Waals surface area (Å²) in [6.45, 7) is 3.57. The van der Waals surface area contributed by atoms with Crippen LogP contribution in [0.5, 0.6) is 0 Å². The van der Waals surface area contributed by atoms with E-state index in [0.717, 1.165) is 10.4 Å². The van der Waals surface area contributed by atoms with E-state index in [1.54, 1.807) is 0 Å². The summed E-state index contributed by atoms with van der Waals surface area (Å²) in [7, 11) is -2.38. The summed E-state index contributed by atoms with van der Waals surface area (Å²) in [6.07, 6.45) is 1.44. The molecule has 1 rings (SSSR count). The second-order valence-electron chi connectivity index (χ2n) is 3.23. The Kier molecular flexibility index (Phi) is 3.66. The quantitative estimate of drug-likeness (QED) is 0.639. The smallest absolute Gasteiger partial charge is 0.245 e. The largest absolute Gasteiger partial charge is 0.395 e. The van der Waals surface area contributed by atoms with Gasteiger partial charge >= 0.3 is 0 Å². The second kappa shape index (κ2) is 4.63. The Hall–Kier alpha value is -1.40. The molecule has 0 saturated carbocycles. The summed E-state index contributed by atoms with van der Waals surface area (Å²) < 4.78 is 38.0. The van der Waals surface area contributed by atoms with Gasteiger partial charge in [-0.2, -0.15) is 4.31 Å². The number of hydrogen-bond donors (Lipinski definition) is 1. The van der Waals surface area contributed by atoms with Crippen molar-refractivity contribution in [1.29, 1.82) is 0 Å². The molecular formula is C10H13FN2O2S. The predicted octanol–water partition coefficient (Wildman–Crippen LogP) is 1.21. The second-order valence-corrected chi connectivity index (χ2v) is 5.24. The molecule has 0 aromatic heterocycles. The van der Waals surface area contributed by atoms with E-state index >= 15 is 0 Å². The highest BCUT2D eigenvalue weighted by Crippen LogP contribution is 2.23. The number of nitrogens with zero attached hydrogens (tertiary/aromatic N) is 1. The van der Waals surface area contributed by atoms with Crippen LogP contribution in [0.1, 0.15) is 0 Å². The third kappa shape index (κ3) is 2.23. The number of nitrogen functional groups attached to an aromatic ring is 1. The summed E-state index contributed by atoms with van der Waals surface area (Å²) in [5.74, 6) is -0.743. The Balaban J connectivity index is 3.27. The molecule has 0 unspecified atom stereocenters. The van der Waals surface area contributed by atoms with E-state index < -0.39 is 15.8 Å². The van der Waals surface area contributed by atoms with Crippen LogP contribution in [-0.2, 0) is 10.0 Å². The van der Waals surface area contributed by atoms with Gasteiger partial charge in [0.05, 0.1) is 5.69 Å². The highest BCUT2D eigenvalue weighted by molar-refractivity contribution is 7.89. The zero-order chi connectivity index (χ0) is 12.3. The van der Waals surface area contributed by atoms with Crippen molar-refractivity contribution in [2.45, 2.75) is 4.90 Å². The van der Waals surface area contributed by atoms with Gasteiger partial charge in [-0.05, 0) is 12.1 Å². The van der Waals surface area contributed by atoms with Gasteiger partial charge in [0.2, 0.25) is 10.0 Å². The number of sulfonamides is 1. The lowest BCUT2D eigenvalue weighted by molar-refractivity contribution is 0.499. The summed E-state index contributed by atoms with van der Waals surface area (Å²) >= 11 is 0. The van der Waals surface area contributed by atoms with Gasteiger partial charge < -0.3 is 5.73 Å². The van der Waals surface area contributed by atoms with Crippen LogP contribution in [0.2, 0.25) is 0 Å². The number of likely N-dealkylation sites (N-methyl/N-ethyl adjacent to an activating group) is 1. The number of benzene rings is 1. The molecule has 1 aromatic carbocycles. The van der Waals surface area contributed by atoms with E-state index in [1.807, 2.05) is 0 Å². The fourth-order valence-corrected chi connectivity index (χ4v) is 2.45. The van der Waals surface area contributed by atoms with E-state index in [0.29, 0.717) is 0 Å². The average molecular weight is 244 g/mol. The minimum absolute atomic E-state index is 0.137. The highest BCUT2D eigenvalue weighted by Gasteiger charge is 2.23. The molecule has 0 heterocycles. The Bertz CT molecular complexity index is 500. The number of rotatable bonds is 4. The summed E-state index contributed by atoms with van der Waals surface area (Å²) in [5, 5.41) is 0. The molecule has 0 radical (unpaired) electrons. The van der Waals surface area contributed by atoms with Gasteiger partial charge in [0.1, 0.15) is 10.7 Å². The van der Waals surface area contributed by atoms with Crippen molar-refractivity contribution < 1.29 is 12.8 Å². The number of para-hydroxylation sites is 1. The molecule has 2 N–H and O–H groups in total. The first kappa shape index (κ1) is 12.7. The minimum Gasteiger partial charge on any atom is -0.395 e.